The lowest BCUT2D eigenvalue weighted by Crippen LogP contribution is -2.33. The summed E-state index contributed by atoms with van der Waals surface area (Å²) in [6.45, 7) is 8.31. The van der Waals surface area contributed by atoms with Crippen LogP contribution in [0.1, 0.15) is 33.6 Å². The van der Waals surface area contributed by atoms with Crippen molar-refractivity contribution in [2.75, 3.05) is 19.7 Å². The van der Waals surface area contributed by atoms with Crippen molar-refractivity contribution in [1.29, 1.82) is 0 Å². The molecule has 0 spiro atoms. The molecule has 0 aliphatic carbocycles. The lowest BCUT2D eigenvalue weighted by Gasteiger charge is -2.23. The number of ether oxygens (including phenoxy) is 2. The van der Waals surface area contributed by atoms with Crippen LogP contribution in [0.15, 0.2) is 18.2 Å². The number of para-hydroxylation sites is 1. The Morgan fingerprint density at radius 3 is 2.65 bits per heavy atom. The summed E-state index contributed by atoms with van der Waals surface area (Å²) >= 11 is 0. The molecule has 130 valence electrons. The van der Waals surface area contributed by atoms with E-state index in [0.717, 1.165) is 25.9 Å². The van der Waals surface area contributed by atoms with Gasteiger partial charge in [-0.2, -0.15) is 0 Å². The number of halogens is 1. The third-order valence-electron chi connectivity index (χ3n) is 3.21. The van der Waals surface area contributed by atoms with E-state index in [1.807, 2.05) is 20.8 Å². The normalized spacial score (nSPS) is 17.7. The minimum absolute atomic E-state index is 0.0342. The Balaban J connectivity index is 0.000000322. The van der Waals surface area contributed by atoms with E-state index in [4.69, 9.17) is 4.74 Å². The minimum atomic E-state index is -0.510. The molecule has 0 bridgehead atoms. The lowest BCUT2D eigenvalue weighted by molar-refractivity contribution is -0.138. The van der Waals surface area contributed by atoms with Crippen LogP contribution in [0.25, 0.3) is 0 Å². The highest BCUT2D eigenvalue weighted by Crippen LogP contribution is 2.29. The second-order valence-electron chi connectivity index (χ2n) is 6.44. The average molecular weight is 327 g/mol. The molecule has 0 saturated carbocycles. The first-order valence-corrected chi connectivity index (χ1v) is 7.76. The summed E-state index contributed by atoms with van der Waals surface area (Å²) in [5.41, 5.74) is -0.318. The number of benzene rings is 1. The van der Waals surface area contributed by atoms with Gasteiger partial charge in [-0.1, -0.05) is 6.07 Å². The monoisotopic (exact) mass is 327 g/mol. The highest BCUT2D eigenvalue weighted by Gasteiger charge is 2.16. The van der Waals surface area contributed by atoms with Crippen molar-refractivity contribution >= 4 is 6.47 Å². The smallest absolute Gasteiger partial charge is 0.293 e. The van der Waals surface area contributed by atoms with Crippen molar-refractivity contribution in [3.63, 3.8) is 0 Å². The molecule has 2 N–H and O–H groups in total. The molecule has 23 heavy (non-hydrogen) atoms. The standard InChI is InChI=1S/C12H16FNO2.C5H10O2/c13-10-4-1-5-11(15)12(10)16-8-9-3-2-6-14-7-9;1-5(2,3)7-4-6/h1,4-5,9,14-15H,2-3,6-8H2;4H,1-3H3/t9-;/m0./s1. The molecular formula is C17H26FNO4. The van der Waals surface area contributed by atoms with E-state index in [1.54, 1.807) is 0 Å². The van der Waals surface area contributed by atoms with Crippen molar-refractivity contribution in [3.8, 4) is 11.5 Å². The fourth-order valence-corrected chi connectivity index (χ4v) is 2.05. The van der Waals surface area contributed by atoms with Gasteiger partial charge in [0.1, 0.15) is 5.60 Å². The Morgan fingerprint density at radius 1 is 1.43 bits per heavy atom. The summed E-state index contributed by atoms with van der Waals surface area (Å²) in [6.07, 6.45) is 2.21. The van der Waals surface area contributed by atoms with E-state index in [0.29, 0.717) is 19.0 Å². The van der Waals surface area contributed by atoms with Crippen LogP contribution in [-0.4, -0.2) is 36.9 Å². The highest BCUT2D eigenvalue weighted by molar-refractivity contribution is 5.39. The van der Waals surface area contributed by atoms with Crippen LogP contribution in [-0.2, 0) is 9.53 Å². The van der Waals surface area contributed by atoms with Gasteiger partial charge in [0.05, 0.1) is 6.61 Å². The summed E-state index contributed by atoms with van der Waals surface area (Å²) in [7, 11) is 0. The Kier molecular flexibility index (Phi) is 7.81. The SMILES string of the molecule is CC(C)(C)OC=O.Oc1cccc(F)c1OC[C@H]1CCCNC1. The van der Waals surface area contributed by atoms with Crippen molar-refractivity contribution in [2.45, 2.75) is 39.2 Å². The third-order valence-corrected chi connectivity index (χ3v) is 3.21. The molecule has 2 rings (SSSR count). The number of rotatable bonds is 4. The number of hydrogen-bond donors (Lipinski definition) is 2. The zero-order valence-electron chi connectivity index (χ0n) is 14.0. The van der Waals surface area contributed by atoms with Crippen LogP contribution in [0.4, 0.5) is 4.39 Å². The predicted octanol–water partition coefficient (Wildman–Crippen LogP) is 2.87. The summed E-state index contributed by atoms with van der Waals surface area (Å²) in [6, 6.07) is 4.17. The number of hydrogen-bond acceptors (Lipinski definition) is 5. The molecule has 0 amide bonds. The highest BCUT2D eigenvalue weighted by atomic mass is 19.1. The molecular weight excluding hydrogens is 301 g/mol. The zero-order chi connectivity index (χ0) is 17.3. The van der Waals surface area contributed by atoms with Crippen LogP contribution < -0.4 is 10.1 Å². The maximum absolute atomic E-state index is 13.3. The second kappa shape index (κ2) is 9.35. The van der Waals surface area contributed by atoms with E-state index in [1.165, 1.54) is 18.2 Å². The van der Waals surface area contributed by atoms with Gasteiger partial charge in [0, 0.05) is 12.5 Å². The number of nitrogens with one attached hydrogen (secondary N) is 1. The molecule has 1 heterocycles. The molecule has 1 aliphatic heterocycles. The summed E-state index contributed by atoms with van der Waals surface area (Å²) in [4.78, 5) is 9.60. The molecule has 0 unspecified atom stereocenters. The van der Waals surface area contributed by atoms with E-state index in [9.17, 15) is 14.3 Å². The zero-order valence-corrected chi connectivity index (χ0v) is 14.0. The Morgan fingerprint density at radius 2 is 2.17 bits per heavy atom. The van der Waals surface area contributed by atoms with Crippen LogP contribution in [0.2, 0.25) is 0 Å². The van der Waals surface area contributed by atoms with Gasteiger partial charge >= 0.3 is 0 Å². The van der Waals surface area contributed by atoms with Crippen molar-refractivity contribution in [3.05, 3.63) is 24.0 Å². The van der Waals surface area contributed by atoms with Gasteiger partial charge < -0.3 is 19.9 Å². The predicted molar refractivity (Wildman–Crippen MR) is 86.1 cm³/mol. The third kappa shape index (κ3) is 7.83. The molecule has 1 aliphatic rings. The van der Waals surface area contributed by atoms with Crippen molar-refractivity contribution in [1.82, 2.24) is 5.32 Å². The van der Waals surface area contributed by atoms with Gasteiger partial charge in [0.15, 0.2) is 17.3 Å². The van der Waals surface area contributed by atoms with Crippen LogP contribution in [0, 0.1) is 11.7 Å². The number of phenols is 1. The summed E-state index contributed by atoms with van der Waals surface area (Å²) < 4.78 is 23.2. The number of piperidine rings is 1. The molecule has 6 heteroatoms. The lowest BCUT2D eigenvalue weighted by atomic mass is 10.0. The first-order chi connectivity index (χ1) is 10.8. The quantitative estimate of drug-likeness (QED) is 0.832. The number of carbonyl (C=O) groups excluding carboxylic acids is 1. The molecule has 0 radical (unpaired) electrons. The molecule has 1 atom stereocenters. The van der Waals surface area contributed by atoms with Crippen LogP contribution >= 0.6 is 0 Å². The van der Waals surface area contributed by atoms with Gasteiger partial charge in [-0.3, -0.25) is 4.79 Å². The second-order valence-corrected chi connectivity index (χ2v) is 6.44. The Hall–Kier alpha value is -1.82. The van der Waals surface area contributed by atoms with E-state index >= 15 is 0 Å². The van der Waals surface area contributed by atoms with E-state index in [2.05, 4.69) is 10.1 Å². The number of phenolic OH excluding ortho intramolecular Hbond substituents is 1. The summed E-state index contributed by atoms with van der Waals surface area (Å²) in [5.74, 6) is -0.284. The largest absolute Gasteiger partial charge is 0.504 e. The van der Waals surface area contributed by atoms with Gasteiger partial charge in [-0.15, -0.1) is 0 Å². The average Bonchev–Trinajstić information content (AvgIpc) is 2.47. The molecule has 1 saturated heterocycles. The van der Waals surface area contributed by atoms with Crippen LogP contribution in [0.5, 0.6) is 11.5 Å². The van der Waals surface area contributed by atoms with Crippen LogP contribution in [0.3, 0.4) is 0 Å². The van der Waals surface area contributed by atoms with Gasteiger partial charge in [0.25, 0.3) is 6.47 Å². The maximum atomic E-state index is 13.3. The van der Waals surface area contributed by atoms with Gasteiger partial charge in [-0.05, 0) is 52.3 Å². The van der Waals surface area contributed by atoms with Crippen molar-refractivity contribution in [2.24, 2.45) is 5.92 Å². The first kappa shape index (κ1) is 19.2. The Bertz CT molecular complexity index is 462. The van der Waals surface area contributed by atoms with E-state index in [-0.39, 0.29) is 17.1 Å². The fraction of sp³-hybridized carbons (Fsp3) is 0.588. The van der Waals surface area contributed by atoms with Gasteiger partial charge in [-0.25, -0.2) is 4.39 Å². The van der Waals surface area contributed by atoms with Gasteiger partial charge in [0.2, 0.25) is 0 Å². The number of carbonyl (C=O) groups is 1. The van der Waals surface area contributed by atoms with Crippen molar-refractivity contribution < 1.29 is 23.8 Å². The molecule has 5 nitrogen and oxygen atoms in total. The van der Waals surface area contributed by atoms with E-state index < -0.39 is 5.82 Å². The fourth-order valence-electron chi connectivity index (χ4n) is 2.05. The first-order valence-electron chi connectivity index (χ1n) is 7.76. The maximum Gasteiger partial charge on any atom is 0.293 e. The Labute approximate surface area is 136 Å². The molecule has 1 aromatic carbocycles. The molecule has 0 aromatic heterocycles. The molecule has 1 fully saturated rings. The minimum Gasteiger partial charge on any atom is -0.504 e. The summed E-state index contributed by atoms with van der Waals surface area (Å²) in [5, 5.41) is 12.7. The number of aromatic hydroxyl groups is 1. The topological polar surface area (TPSA) is 67.8 Å². The molecule has 1 aromatic rings.